The average Bonchev–Trinajstić information content (AvgIpc) is 2.79. The molecule has 0 spiro atoms. The van der Waals surface area contributed by atoms with E-state index in [0.717, 1.165) is 16.8 Å². The first kappa shape index (κ1) is 11.5. The lowest BCUT2D eigenvalue weighted by molar-refractivity contribution is 0.532. The van der Waals surface area contributed by atoms with Crippen LogP contribution in [0.2, 0.25) is 0 Å². The number of rotatable bonds is 3. The third-order valence-electron chi connectivity index (χ3n) is 2.50. The van der Waals surface area contributed by atoms with Crippen molar-refractivity contribution in [1.82, 2.24) is 19.7 Å². The fraction of sp³-hybridized carbons (Fsp3) is 0.308. The van der Waals surface area contributed by atoms with Crippen LogP contribution >= 0.6 is 0 Å². The summed E-state index contributed by atoms with van der Waals surface area (Å²) < 4.78 is 1.94. The molecule has 2 heterocycles. The van der Waals surface area contributed by atoms with Crippen LogP contribution in [0.25, 0.3) is 11.6 Å². The summed E-state index contributed by atoms with van der Waals surface area (Å²) in [6.07, 6.45) is 11.1. The van der Waals surface area contributed by atoms with Crippen LogP contribution in [0.1, 0.15) is 38.1 Å². The predicted molar refractivity (Wildman–Crippen MR) is 68.2 cm³/mol. The SMILES string of the molecule is C/C(=C\c1cnn(C(C)C)c1)c1cnccn1. The van der Waals surface area contributed by atoms with Crippen LogP contribution in [-0.4, -0.2) is 19.7 Å². The van der Waals surface area contributed by atoms with Crippen molar-refractivity contribution in [2.75, 3.05) is 0 Å². The summed E-state index contributed by atoms with van der Waals surface area (Å²) in [5.74, 6) is 0. The van der Waals surface area contributed by atoms with Gasteiger partial charge in [0.15, 0.2) is 0 Å². The molecule has 0 N–H and O–H groups in total. The van der Waals surface area contributed by atoms with Gasteiger partial charge in [-0.3, -0.25) is 14.6 Å². The van der Waals surface area contributed by atoms with E-state index in [9.17, 15) is 0 Å². The number of hydrogen-bond acceptors (Lipinski definition) is 3. The van der Waals surface area contributed by atoms with Gasteiger partial charge in [-0.25, -0.2) is 0 Å². The van der Waals surface area contributed by atoms with Crippen molar-refractivity contribution >= 4 is 11.6 Å². The van der Waals surface area contributed by atoms with Crippen molar-refractivity contribution in [3.8, 4) is 0 Å². The van der Waals surface area contributed by atoms with Gasteiger partial charge in [0.1, 0.15) is 0 Å². The average molecular weight is 228 g/mol. The van der Waals surface area contributed by atoms with E-state index in [1.54, 1.807) is 18.6 Å². The molecule has 2 rings (SSSR count). The Balaban J connectivity index is 2.24. The molecule has 2 aromatic heterocycles. The fourth-order valence-corrected chi connectivity index (χ4v) is 1.54. The molecule has 4 nitrogen and oxygen atoms in total. The van der Waals surface area contributed by atoms with Crippen LogP contribution in [0.15, 0.2) is 31.0 Å². The normalized spacial score (nSPS) is 12.1. The summed E-state index contributed by atoms with van der Waals surface area (Å²) in [7, 11) is 0. The topological polar surface area (TPSA) is 43.6 Å². The van der Waals surface area contributed by atoms with Crippen LogP contribution in [0.3, 0.4) is 0 Å². The number of nitrogens with zero attached hydrogens (tertiary/aromatic N) is 4. The van der Waals surface area contributed by atoms with Gasteiger partial charge in [-0.2, -0.15) is 5.10 Å². The Hall–Kier alpha value is -1.97. The number of allylic oxidation sites excluding steroid dienone is 1. The molecule has 0 aromatic carbocycles. The van der Waals surface area contributed by atoms with E-state index in [-0.39, 0.29) is 0 Å². The van der Waals surface area contributed by atoms with Gasteiger partial charge in [0.2, 0.25) is 0 Å². The minimum atomic E-state index is 0.383. The second-order valence-electron chi connectivity index (χ2n) is 4.27. The third kappa shape index (κ3) is 2.78. The van der Waals surface area contributed by atoms with E-state index < -0.39 is 0 Å². The molecule has 0 aliphatic carbocycles. The smallest absolute Gasteiger partial charge is 0.0842 e. The van der Waals surface area contributed by atoms with E-state index >= 15 is 0 Å². The lowest BCUT2D eigenvalue weighted by Crippen LogP contribution is -1.99. The van der Waals surface area contributed by atoms with Crippen LogP contribution in [-0.2, 0) is 0 Å². The van der Waals surface area contributed by atoms with Gasteiger partial charge >= 0.3 is 0 Å². The molecule has 2 aromatic rings. The Labute approximate surface area is 101 Å². The molecule has 88 valence electrons. The second kappa shape index (κ2) is 4.91. The highest BCUT2D eigenvalue weighted by molar-refractivity contribution is 5.77. The number of hydrogen-bond donors (Lipinski definition) is 0. The van der Waals surface area contributed by atoms with Crippen LogP contribution in [0, 0.1) is 0 Å². The molecule has 0 unspecified atom stereocenters. The van der Waals surface area contributed by atoms with E-state index in [0.29, 0.717) is 6.04 Å². The zero-order valence-electron chi connectivity index (χ0n) is 10.3. The van der Waals surface area contributed by atoms with Crippen LogP contribution < -0.4 is 0 Å². The Kier molecular flexibility index (Phi) is 3.32. The van der Waals surface area contributed by atoms with Crippen molar-refractivity contribution in [3.05, 3.63) is 42.2 Å². The van der Waals surface area contributed by atoms with Crippen molar-refractivity contribution < 1.29 is 0 Å². The molecule has 4 heteroatoms. The lowest BCUT2D eigenvalue weighted by atomic mass is 10.1. The lowest BCUT2D eigenvalue weighted by Gasteiger charge is -2.02. The van der Waals surface area contributed by atoms with E-state index in [1.807, 2.05) is 24.0 Å². The van der Waals surface area contributed by atoms with Gasteiger partial charge in [-0.15, -0.1) is 0 Å². The number of aromatic nitrogens is 4. The Morgan fingerprint density at radius 1 is 1.29 bits per heavy atom. The van der Waals surface area contributed by atoms with Crippen molar-refractivity contribution in [1.29, 1.82) is 0 Å². The third-order valence-corrected chi connectivity index (χ3v) is 2.50. The molecule has 0 saturated carbocycles. The molecule has 0 bridgehead atoms. The molecule has 0 aliphatic heterocycles. The highest BCUT2D eigenvalue weighted by Crippen LogP contribution is 2.15. The maximum atomic E-state index is 4.30. The monoisotopic (exact) mass is 228 g/mol. The molecular formula is C13H16N4. The molecule has 17 heavy (non-hydrogen) atoms. The highest BCUT2D eigenvalue weighted by Gasteiger charge is 2.01. The summed E-state index contributed by atoms with van der Waals surface area (Å²) in [4.78, 5) is 8.32. The van der Waals surface area contributed by atoms with Crippen molar-refractivity contribution in [2.45, 2.75) is 26.8 Å². The molecular weight excluding hydrogens is 212 g/mol. The molecule has 0 aliphatic rings. The summed E-state index contributed by atoms with van der Waals surface area (Å²) in [5, 5.41) is 4.30. The molecule has 0 radical (unpaired) electrons. The summed E-state index contributed by atoms with van der Waals surface area (Å²) in [6.45, 7) is 6.24. The minimum absolute atomic E-state index is 0.383. The first-order chi connectivity index (χ1) is 8.16. The molecule has 0 atom stereocenters. The zero-order chi connectivity index (χ0) is 12.3. The Morgan fingerprint density at radius 2 is 2.12 bits per heavy atom. The highest BCUT2D eigenvalue weighted by atomic mass is 15.3. The fourth-order valence-electron chi connectivity index (χ4n) is 1.54. The van der Waals surface area contributed by atoms with E-state index in [2.05, 4.69) is 35.0 Å². The van der Waals surface area contributed by atoms with Gasteiger partial charge in [-0.1, -0.05) is 0 Å². The van der Waals surface area contributed by atoms with Gasteiger partial charge in [0.05, 0.1) is 18.1 Å². The summed E-state index contributed by atoms with van der Waals surface area (Å²) >= 11 is 0. The van der Waals surface area contributed by atoms with E-state index in [4.69, 9.17) is 0 Å². The van der Waals surface area contributed by atoms with E-state index in [1.165, 1.54) is 0 Å². The Morgan fingerprint density at radius 3 is 2.71 bits per heavy atom. The summed E-state index contributed by atoms with van der Waals surface area (Å²) in [6, 6.07) is 0.383. The van der Waals surface area contributed by atoms with Gasteiger partial charge in [-0.05, 0) is 32.4 Å². The van der Waals surface area contributed by atoms with Gasteiger partial charge in [0.25, 0.3) is 0 Å². The zero-order valence-corrected chi connectivity index (χ0v) is 10.3. The Bertz CT molecular complexity index is 511. The largest absolute Gasteiger partial charge is 0.270 e. The van der Waals surface area contributed by atoms with Gasteiger partial charge in [0, 0.05) is 30.2 Å². The van der Waals surface area contributed by atoms with Crippen molar-refractivity contribution in [2.24, 2.45) is 0 Å². The van der Waals surface area contributed by atoms with Crippen molar-refractivity contribution in [3.63, 3.8) is 0 Å². The summed E-state index contributed by atoms with van der Waals surface area (Å²) in [5.41, 5.74) is 3.06. The first-order valence-electron chi connectivity index (χ1n) is 5.65. The van der Waals surface area contributed by atoms with Crippen LogP contribution in [0.5, 0.6) is 0 Å². The first-order valence-corrected chi connectivity index (χ1v) is 5.65. The maximum Gasteiger partial charge on any atom is 0.0842 e. The standard InChI is InChI=1S/C13H16N4/c1-10(2)17-9-12(7-16-17)6-11(3)13-8-14-4-5-15-13/h4-10H,1-3H3/b11-6+. The van der Waals surface area contributed by atoms with Crippen LogP contribution in [0.4, 0.5) is 0 Å². The van der Waals surface area contributed by atoms with Gasteiger partial charge < -0.3 is 0 Å². The maximum absolute atomic E-state index is 4.30. The predicted octanol–water partition coefficient (Wildman–Crippen LogP) is 2.81. The molecule has 0 amide bonds. The molecule has 0 saturated heterocycles. The quantitative estimate of drug-likeness (QED) is 0.811. The minimum Gasteiger partial charge on any atom is -0.270 e. The molecule has 0 fully saturated rings. The second-order valence-corrected chi connectivity index (χ2v) is 4.27.